The standard InChI is InChI=1S/C12H12ClN3/c1-16(2)10-5-3-4-9(6-10)12-11(13)7-14-8-15-12/h3-8H,1-2H3. The van der Waals surface area contributed by atoms with Crippen molar-refractivity contribution in [2.24, 2.45) is 0 Å². The van der Waals surface area contributed by atoms with Gasteiger partial charge in [-0.15, -0.1) is 0 Å². The Kier molecular flexibility index (Phi) is 3.06. The number of halogens is 1. The van der Waals surface area contributed by atoms with Crippen LogP contribution >= 0.6 is 11.6 Å². The van der Waals surface area contributed by atoms with E-state index >= 15 is 0 Å². The number of nitrogens with zero attached hydrogens (tertiary/aromatic N) is 3. The zero-order valence-electron chi connectivity index (χ0n) is 9.18. The second-order valence-electron chi connectivity index (χ2n) is 3.66. The zero-order chi connectivity index (χ0) is 11.5. The predicted molar refractivity (Wildman–Crippen MR) is 66.8 cm³/mol. The first kappa shape index (κ1) is 10.9. The van der Waals surface area contributed by atoms with Crippen LogP contribution in [-0.4, -0.2) is 24.1 Å². The molecule has 0 bridgehead atoms. The summed E-state index contributed by atoms with van der Waals surface area (Å²) < 4.78 is 0. The van der Waals surface area contributed by atoms with Crippen LogP contribution < -0.4 is 4.90 Å². The van der Waals surface area contributed by atoms with Crippen LogP contribution in [0.5, 0.6) is 0 Å². The monoisotopic (exact) mass is 233 g/mol. The smallest absolute Gasteiger partial charge is 0.116 e. The Labute approximate surface area is 99.7 Å². The summed E-state index contributed by atoms with van der Waals surface area (Å²) in [6.45, 7) is 0. The first-order chi connectivity index (χ1) is 7.68. The maximum absolute atomic E-state index is 6.05. The zero-order valence-corrected chi connectivity index (χ0v) is 9.94. The van der Waals surface area contributed by atoms with Crippen LogP contribution in [0.1, 0.15) is 0 Å². The van der Waals surface area contributed by atoms with E-state index in [1.165, 1.54) is 6.33 Å². The van der Waals surface area contributed by atoms with Gasteiger partial charge < -0.3 is 4.90 Å². The third-order valence-corrected chi connectivity index (χ3v) is 2.58. The van der Waals surface area contributed by atoms with Crippen LogP contribution in [0.4, 0.5) is 5.69 Å². The molecule has 0 aliphatic heterocycles. The molecule has 82 valence electrons. The van der Waals surface area contributed by atoms with Crippen LogP contribution in [-0.2, 0) is 0 Å². The molecule has 0 radical (unpaired) electrons. The number of rotatable bonds is 2. The number of aromatic nitrogens is 2. The average molecular weight is 234 g/mol. The molecule has 2 rings (SSSR count). The topological polar surface area (TPSA) is 29.0 Å². The van der Waals surface area contributed by atoms with Gasteiger partial charge in [-0.2, -0.15) is 0 Å². The summed E-state index contributed by atoms with van der Waals surface area (Å²) in [5, 5.41) is 0.568. The fourth-order valence-corrected chi connectivity index (χ4v) is 1.67. The first-order valence-corrected chi connectivity index (χ1v) is 5.29. The van der Waals surface area contributed by atoms with E-state index < -0.39 is 0 Å². The third kappa shape index (κ3) is 2.14. The highest BCUT2D eigenvalue weighted by Crippen LogP contribution is 2.27. The van der Waals surface area contributed by atoms with E-state index in [1.54, 1.807) is 6.20 Å². The van der Waals surface area contributed by atoms with E-state index in [0.29, 0.717) is 5.02 Å². The van der Waals surface area contributed by atoms with Gasteiger partial charge in [-0.3, -0.25) is 0 Å². The molecule has 0 aliphatic carbocycles. The summed E-state index contributed by atoms with van der Waals surface area (Å²) >= 11 is 6.05. The van der Waals surface area contributed by atoms with Gasteiger partial charge >= 0.3 is 0 Å². The van der Waals surface area contributed by atoms with E-state index in [-0.39, 0.29) is 0 Å². The lowest BCUT2D eigenvalue weighted by Crippen LogP contribution is -2.08. The minimum atomic E-state index is 0.568. The van der Waals surface area contributed by atoms with E-state index in [1.807, 2.05) is 43.3 Å². The van der Waals surface area contributed by atoms with Crippen molar-refractivity contribution in [3.05, 3.63) is 41.8 Å². The molecule has 0 unspecified atom stereocenters. The summed E-state index contributed by atoms with van der Waals surface area (Å²) in [6, 6.07) is 8.07. The summed E-state index contributed by atoms with van der Waals surface area (Å²) in [6.07, 6.45) is 3.11. The Morgan fingerprint density at radius 1 is 1.25 bits per heavy atom. The van der Waals surface area contributed by atoms with Crippen molar-refractivity contribution >= 4 is 17.3 Å². The number of anilines is 1. The van der Waals surface area contributed by atoms with Gasteiger partial charge in [-0.05, 0) is 12.1 Å². The molecule has 0 spiro atoms. The maximum atomic E-state index is 6.05. The highest BCUT2D eigenvalue weighted by Gasteiger charge is 2.05. The van der Waals surface area contributed by atoms with E-state index in [2.05, 4.69) is 9.97 Å². The fraction of sp³-hybridized carbons (Fsp3) is 0.167. The molecule has 16 heavy (non-hydrogen) atoms. The SMILES string of the molecule is CN(C)c1cccc(-c2ncncc2Cl)c1. The number of benzene rings is 1. The number of hydrogen-bond acceptors (Lipinski definition) is 3. The minimum absolute atomic E-state index is 0.568. The van der Waals surface area contributed by atoms with Crippen LogP contribution in [0.2, 0.25) is 5.02 Å². The maximum Gasteiger partial charge on any atom is 0.116 e. The lowest BCUT2D eigenvalue weighted by atomic mass is 10.1. The second kappa shape index (κ2) is 4.49. The molecule has 0 atom stereocenters. The summed E-state index contributed by atoms with van der Waals surface area (Å²) in [5.74, 6) is 0. The van der Waals surface area contributed by atoms with Crippen LogP contribution in [0, 0.1) is 0 Å². The summed E-state index contributed by atoms with van der Waals surface area (Å²) in [5.41, 5.74) is 2.88. The van der Waals surface area contributed by atoms with Crippen LogP contribution in [0.3, 0.4) is 0 Å². The van der Waals surface area contributed by atoms with Gasteiger partial charge in [0.05, 0.1) is 10.7 Å². The normalized spacial score (nSPS) is 10.2. The average Bonchev–Trinajstić information content (AvgIpc) is 2.30. The quantitative estimate of drug-likeness (QED) is 0.799. The second-order valence-corrected chi connectivity index (χ2v) is 4.07. The molecule has 0 saturated carbocycles. The lowest BCUT2D eigenvalue weighted by Gasteiger charge is -2.13. The molecule has 2 aromatic rings. The molecule has 0 aliphatic rings. The highest BCUT2D eigenvalue weighted by molar-refractivity contribution is 6.32. The highest BCUT2D eigenvalue weighted by atomic mass is 35.5. The molecular weight excluding hydrogens is 222 g/mol. The van der Waals surface area contributed by atoms with Gasteiger partial charge in [0.1, 0.15) is 6.33 Å². The Morgan fingerprint density at radius 2 is 2.06 bits per heavy atom. The Morgan fingerprint density at radius 3 is 2.75 bits per heavy atom. The Balaban J connectivity index is 2.49. The van der Waals surface area contributed by atoms with Crippen molar-refractivity contribution in [3.8, 4) is 11.3 Å². The molecule has 1 aromatic heterocycles. The molecule has 4 heteroatoms. The fourth-order valence-electron chi connectivity index (χ4n) is 1.46. The van der Waals surface area contributed by atoms with E-state index in [9.17, 15) is 0 Å². The van der Waals surface area contributed by atoms with Crippen LogP contribution in [0.15, 0.2) is 36.8 Å². The van der Waals surface area contributed by atoms with E-state index in [4.69, 9.17) is 11.6 Å². The Hall–Kier alpha value is -1.61. The molecule has 0 fully saturated rings. The van der Waals surface area contributed by atoms with Gasteiger partial charge in [-0.25, -0.2) is 9.97 Å². The van der Waals surface area contributed by atoms with E-state index in [0.717, 1.165) is 16.9 Å². The van der Waals surface area contributed by atoms with Gasteiger partial charge in [0, 0.05) is 31.5 Å². The van der Waals surface area contributed by atoms with Crippen molar-refractivity contribution in [2.75, 3.05) is 19.0 Å². The van der Waals surface area contributed by atoms with Gasteiger partial charge in [0.15, 0.2) is 0 Å². The van der Waals surface area contributed by atoms with Crippen LogP contribution in [0.25, 0.3) is 11.3 Å². The molecular formula is C12H12ClN3. The van der Waals surface area contributed by atoms with Gasteiger partial charge in [0.2, 0.25) is 0 Å². The molecule has 1 heterocycles. The van der Waals surface area contributed by atoms with Crippen molar-refractivity contribution in [3.63, 3.8) is 0 Å². The molecule has 0 N–H and O–H groups in total. The van der Waals surface area contributed by atoms with Gasteiger partial charge in [-0.1, -0.05) is 23.7 Å². The summed E-state index contributed by atoms with van der Waals surface area (Å²) in [7, 11) is 4.00. The van der Waals surface area contributed by atoms with Gasteiger partial charge in [0.25, 0.3) is 0 Å². The number of hydrogen-bond donors (Lipinski definition) is 0. The largest absolute Gasteiger partial charge is 0.378 e. The molecule has 1 aromatic carbocycles. The molecule has 0 amide bonds. The molecule has 0 saturated heterocycles. The third-order valence-electron chi connectivity index (χ3n) is 2.30. The molecule has 3 nitrogen and oxygen atoms in total. The van der Waals surface area contributed by atoms with Crippen molar-refractivity contribution in [2.45, 2.75) is 0 Å². The predicted octanol–water partition coefficient (Wildman–Crippen LogP) is 2.86. The van der Waals surface area contributed by atoms with Crippen molar-refractivity contribution in [1.29, 1.82) is 0 Å². The van der Waals surface area contributed by atoms with Crippen molar-refractivity contribution in [1.82, 2.24) is 9.97 Å². The lowest BCUT2D eigenvalue weighted by molar-refractivity contribution is 1.13. The van der Waals surface area contributed by atoms with Crippen molar-refractivity contribution < 1.29 is 0 Å². The first-order valence-electron chi connectivity index (χ1n) is 4.92. The minimum Gasteiger partial charge on any atom is -0.378 e. The Bertz CT molecular complexity index is 497. The summed E-state index contributed by atoms with van der Waals surface area (Å²) in [4.78, 5) is 10.1.